The second kappa shape index (κ2) is 7.19. The lowest BCUT2D eigenvalue weighted by Crippen LogP contribution is -2.49. The Balaban J connectivity index is 2.08. The lowest BCUT2D eigenvalue weighted by molar-refractivity contribution is -0.146. The topological polar surface area (TPSA) is 101 Å². The van der Waals surface area contributed by atoms with Crippen LogP contribution in [0.2, 0.25) is 0 Å². The highest BCUT2D eigenvalue weighted by Gasteiger charge is 2.42. The summed E-state index contributed by atoms with van der Waals surface area (Å²) in [4.78, 5) is 38.0. The molecule has 1 aromatic rings. The van der Waals surface area contributed by atoms with Crippen molar-refractivity contribution in [2.24, 2.45) is 5.41 Å². The van der Waals surface area contributed by atoms with Gasteiger partial charge < -0.3 is 10.2 Å². The van der Waals surface area contributed by atoms with Crippen molar-refractivity contribution in [2.45, 2.75) is 33.2 Å². The Morgan fingerprint density at radius 3 is 2.19 bits per heavy atom. The molecule has 142 valence electrons. The molecule has 1 N–H and O–H groups in total. The number of Topliss-reactive ketones (excluding diaryl/α,β-unsaturated/α-hetero) is 1. The molecule has 0 aromatic heterocycles. The van der Waals surface area contributed by atoms with Crippen LogP contribution >= 0.6 is 0 Å². The molecule has 1 aliphatic heterocycles. The molecule has 1 aromatic carbocycles. The normalized spacial score (nSPS) is 19.0. The molecule has 1 aliphatic rings. The van der Waals surface area contributed by atoms with Crippen molar-refractivity contribution >= 4 is 33.1 Å². The van der Waals surface area contributed by atoms with Crippen molar-refractivity contribution in [3.8, 4) is 0 Å². The van der Waals surface area contributed by atoms with E-state index in [2.05, 4.69) is 5.32 Å². The van der Waals surface area contributed by atoms with Gasteiger partial charge in [-0.1, -0.05) is 0 Å². The van der Waals surface area contributed by atoms with Crippen molar-refractivity contribution in [1.82, 2.24) is 4.90 Å². The SMILES string of the molecule is CC(=O)c1ccc(NC(=O)C(C)(C)C(=O)N(C)C2CCS(=O)(=O)C2)cc1. The zero-order valence-corrected chi connectivity index (χ0v) is 16.2. The molecule has 2 rings (SSSR count). The maximum atomic E-state index is 12.8. The predicted octanol–water partition coefficient (Wildman–Crippen LogP) is 1.50. The molecule has 1 saturated heterocycles. The number of rotatable bonds is 5. The summed E-state index contributed by atoms with van der Waals surface area (Å²) in [6.45, 7) is 4.47. The Kier molecular flexibility index (Phi) is 5.55. The van der Waals surface area contributed by atoms with Gasteiger partial charge in [-0.2, -0.15) is 0 Å². The van der Waals surface area contributed by atoms with E-state index in [0.717, 1.165) is 0 Å². The van der Waals surface area contributed by atoms with Crippen LogP contribution in [0.15, 0.2) is 24.3 Å². The summed E-state index contributed by atoms with van der Waals surface area (Å²) in [6.07, 6.45) is 0.384. The van der Waals surface area contributed by atoms with Gasteiger partial charge in [0.25, 0.3) is 0 Å². The fourth-order valence-corrected chi connectivity index (χ4v) is 4.63. The predicted molar refractivity (Wildman–Crippen MR) is 98.7 cm³/mol. The first kappa shape index (κ1) is 20.1. The molecule has 1 atom stereocenters. The van der Waals surface area contributed by atoms with E-state index in [1.54, 1.807) is 24.3 Å². The van der Waals surface area contributed by atoms with Crippen molar-refractivity contribution in [3.05, 3.63) is 29.8 Å². The van der Waals surface area contributed by atoms with Gasteiger partial charge in [-0.3, -0.25) is 14.4 Å². The van der Waals surface area contributed by atoms with E-state index in [-0.39, 0.29) is 17.3 Å². The fourth-order valence-electron chi connectivity index (χ4n) is 2.86. The van der Waals surface area contributed by atoms with Crippen LogP contribution < -0.4 is 5.32 Å². The molecule has 1 unspecified atom stereocenters. The van der Waals surface area contributed by atoms with Gasteiger partial charge in [0.15, 0.2) is 15.6 Å². The first-order chi connectivity index (χ1) is 11.9. The van der Waals surface area contributed by atoms with Gasteiger partial charge in [-0.05, 0) is 51.5 Å². The Labute approximate surface area is 153 Å². The number of sulfone groups is 1. The van der Waals surface area contributed by atoms with E-state index in [4.69, 9.17) is 0 Å². The van der Waals surface area contributed by atoms with Gasteiger partial charge in [-0.15, -0.1) is 0 Å². The molecule has 0 saturated carbocycles. The number of hydrogen-bond donors (Lipinski definition) is 1. The molecule has 26 heavy (non-hydrogen) atoms. The van der Waals surface area contributed by atoms with E-state index in [9.17, 15) is 22.8 Å². The van der Waals surface area contributed by atoms with E-state index in [1.807, 2.05) is 0 Å². The molecular weight excluding hydrogens is 356 g/mol. The summed E-state index contributed by atoms with van der Waals surface area (Å²) < 4.78 is 23.3. The molecule has 0 bridgehead atoms. The molecular formula is C18H24N2O5S. The first-order valence-electron chi connectivity index (χ1n) is 8.34. The highest BCUT2D eigenvalue weighted by molar-refractivity contribution is 7.91. The van der Waals surface area contributed by atoms with Gasteiger partial charge in [0, 0.05) is 24.3 Å². The minimum atomic E-state index is -3.12. The van der Waals surface area contributed by atoms with Gasteiger partial charge in [0.2, 0.25) is 11.8 Å². The number of hydrogen-bond acceptors (Lipinski definition) is 5. The zero-order chi connectivity index (χ0) is 19.7. The molecule has 1 heterocycles. The Hall–Kier alpha value is -2.22. The third-order valence-electron chi connectivity index (χ3n) is 4.73. The lowest BCUT2D eigenvalue weighted by atomic mass is 9.89. The van der Waals surface area contributed by atoms with Crippen LogP contribution in [0, 0.1) is 5.41 Å². The van der Waals surface area contributed by atoms with Crippen LogP contribution in [0.1, 0.15) is 37.6 Å². The lowest BCUT2D eigenvalue weighted by Gasteiger charge is -2.31. The van der Waals surface area contributed by atoms with E-state index in [0.29, 0.717) is 17.7 Å². The quantitative estimate of drug-likeness (QED) is 0.616. The van der Waals surface area contributed by atoms with E-state index >= 15 is 0 Å². The summed E-state index contributed by atoms with van der Waals surface area (Å²) in [6, 6.07) is 5.99. The van der Waals surface area contributed by atoms with Crippen LogP contribution in [0.5, 0.6) is 0 Å². The van der Waals surface area contributed by atoms with Gasteiger partial charge >= 0.3 is 0 Å². The van der Waals surface area contributed by atoms with Crippen LogP contribution in [-0.4, -0.2) is 55.5 Å². The summed E-state index contributed by atoms with van der Waals surface area (Å²) in [5.74, 6) is -1.01. The molecule has 2 amide bonds. The number of amides is 2. The number of ketones is 1. The molecule has 1 fully saturated rings. The third-order valence-corrected chi connectivity index (χ3v) is 6.48. The largest absolute Gasteiger partial charge is 0.341 e. The summed E-state index contributed by atoms with van der Waals surface area (Å²) >= 11 is 0. The molecule has 0 spiro atoms. The fraction of sp³-hybridized carbons (Fsp3) is 0.500. The minimum Gasteiger partial charge on any atom is -0.341 e. The number of anilines is 1. The maximum absolute atomic E-state index is 12.8. The second-order valence-corrected chi connectivity index (χ2v) is 9.41. The molecule has 0 aliphatic carbocycles. The summed E-state index contributed by atoms with van der Waals surface area (Å²) in [7, 11) is -1.59. The number of carbonyl (C=O) groups excluding carboxylic acids is 3. The Morgan fingerprint density at radius 1 is 1.15 bits per heavy atom. The van der Waals surface area contributed by atoms with Crippen molar-refractivity contribution in [2.75, 3.05) is 23.9 Å². The van der Waals surface area contributed by atoms with Gasteiger partial charge in [0.05, 0.1) is 11.5 Å². The van der Waals surface area contributed by atoms with Crippen LogP contribution in [0.3, 0.4) is 0 Å². The minimum absolute atomic E-state index is 0.0599. The van der Waals surface area contributed by atoms with Crippen molar-refractivity contribution < 1.29 is 22.8 Å². The molecule has 0 radical (unpaired) electrons. The van der Waals surface area contributed by atoms with Crippen LogP contribution in [-0.2, 0) is 19.4 Å². The number of nitrogens with one attached hydrogen (secondary N) is 1. The second-order valence-electron chi connectivity index (χ2n) is 7.19. The smallest absolute Gasteiger partial charge is 0.239 e. The number of benzene rings is 1. The Morgan fingerprint density at radius 2 is 1.73 bits per heavy atom. The van der Waals surface area contributed by atoms with Crippen LogP contribution in [0.4, 0.5) is 5.69 Å². The average Bonchev–Trinajstić information content (AvgIpc) is 2.93. The molecule has 7 nitrogen and oxygen atoms in total. The summed E-state index contributed by atoms with van der Waals surface area (Å²) in [5.41, 5.74) is -0.354. The highest BCUT2D eigenvalue weighted by atomic mass is 32.2. The van der Waals surface area contributed by atoms with Crippen molar-refractivity contribution in [3.63, 3.8) is 0 Å². The van der Waals surface area contributed by atoms with Gasteiger partial charge in [0.1, 0.15) is 5.41 Å². The molecule has 8 heteroatoms. The standard InChI is InChI=1S/C18H24N2O5S/c1-12(21)13-5-7-14(8-6-13)19-16(22)18(2,3)17(23)20(4)15-9-10-26(24,25)11-15/h5-8,15H,9-11H2,1-4H3,(H,19,22). The maximum Gasteiger partial charge on any atom is 0.239 e. The average molecular weight is 380 g/mol. The third kappa shape index (κ3) is 4.30. The van der Waals surface area contributed by atoms with Gasteiger partial charge in [-0.25, -0.2) is 8.42 Å². The van der Waals surface area contributed by atoms with Crippen LogP contribution in [0.25, 0.3) is 0 Å². The Bertz CT molecular complexity index is 828. The van der Waals surface area contributed by atoms with E-state index in [1.165, 1.54) is 32.7 Å². The summed E-state index contributed by atoms with van der Waals surface area (Å²) in [5, 5.41) is 2.67. The van der Waals surface area contributed by atoms with E-state index < -0.39 is 33.1 Å². The van der Waals surface area contributed by atoms with Crippen molar-refractivity contribution in [1.29, 1.82) is 0 Å². The number of nitrogens with zero attached hydrogens (tertiary/aromatic N) is 1. The monoisotopic (exact) mass is 380 g/mol. The first-order valence-corrected chi connectivity index (χ1v) is 10.2. The highest BCUT2D eigenvalue weighted by Crippen LogP contribution is 2.25. The number of carbonyl (C=O) groups is 3. The zero-order valence-electron chi connectivity index (χ0n) is 15.4.